The summed E-state index contributed by atoms with van der Waals surface area (Å²) in [4.78, 5) is 27.5. The van der Waals surface area contributed by atoms with Crippen molar-refractivity contribution in [3.05, 3.63) is 78.1 Å². The lowest BCUT2D eigenvalue weighted by atomic mass is 10.2. The zero-order valence-electron chi connectivity index (χ0n) is 15.1. The molecule has 3 aromatic rings. The van der Waals surface area contributed by atoms with E-state index in [1.807, 2.05) is 6.07 Å². The van der Waals surface area contributed by atoms with Gasteiger partial charge in [-0.3, -0.25) is 9.59 Å². The Morgan fingerprint density at radius 3 is 2.14 bits per heavy atom. The number of nitriles is 1. The highest BCUT2D eigenvalue weighted by Crippen LogP contribution is 2.20. The van der Waals surface area contributed by atoms with Gasteiger partial charge < -0.3 is 16.0 Å². The first kappa shape index (κ1) is 18.6. The number of nitrogens with one attached hydrogen (secondary N) is 3. The number of nitrogens with zero attached hydrogens (tertiary/aromatic N) is 2. The van der Waals surface area contributed by atoms with Crippen LogP contribution in [0, 0.1) is 11.3 Å². The summed E-state index contributed by atoms with van der Waals surface area (Å²) in [6.45, 7) is 1.43. The van der Waals surface area contributed by atoms with Crippen molar-refractivity contribution in [2.24, 2.45) is 0 Å². The fourth-order valence-corrected chi connectivity index (χ4v) is 2.48. The summed E-state index contributed by atoms with van der Waals surface area (Å²) < 4.78 is 0. The molecule has 0 unspecified atom stereocenters. The molecule has 1 aromatic heterocycles. The van der Waals surface area contributed by atoms with Crippen molar-refractivity contribution in [1.82, 2.24) is 4.98 Å². The lowest BCUT2D eigenvalue weighted by Crippen LogP contribution is -2.13. The van der Waals surface area contributed by atoms with E-state index < -0.39 is 0 Å². The number of anilines is 4. The Morgan fingerprint density at radius 1 is 0.893 bits per heavy atom. The molecule has 2 amide bonds. The third kappa shape index (κ3) is 4.71. The SMILES string of the molecule is CC(=O)Nc1ccc(NC(=O)c2ccc(Nc3ccccc3C#N)cn2)cc1. The van der Waals surface area contributed by atoms with Crippen LogP contribution in [0.25, 0.3) is 0 Å². The first-order valence-corrected chi connectivity index (χ1v) is 8.46. The monoisotopic (exact) mass is 371 g/mol. The molecule has 0 saturated heterocycles. The van der Waals surface area contributed by atoms with Crippen molar-refractivity contribution in [3.63, 3.8) is 0 Å². The van der Waals surface area contributed by atoms with E-state index in [1.165, 1.54) is 13.1 Å². The van der Waals surface area contributed by atoms with Crippen molar-refractivity contribution >= 4 is 34.6 Å². The fraction of sp³-hybridized carbons (Fsp3) is 0.0476. The van der Waals surface area contributed by atoms with Gasteiger partial charge in [0.2, 0.25) is 5.91 Å². The summed E-state index contributed by atoms with van der Waals surface area (Å²) in [5.74, 6) is -0.511. The summed E-state index contributed by atoms with van der Waals surface area (Å²) in [5.41, 5.74) is 3.35. The molecule has 138 valence electrons. The minimum Gasteiger partial charge on any atom is -0.353 e. The van der Waals surface area contributed by atoms with Gasteiger partial charge in [0.25, 0.3) is 5.91 Å². The van der Waals surface area contributed by atoms with E-state index in [2.05, 4.69) is 27.0 Å². The number of rotatable bonds is 5. The van der Waals surface area contributed by atoms with Gasteiger partial charge in [-0.25, -0.2) is 4.98 Å². The summed E-state index contributed by atoms with van der Waals surface area (Å²) >= 11 is 0. The van der Waals surface area contributed by atoms with Gasteiger partial charge >= 0.3 is 0 Å². The second-order valence-electron chi connectivity index (χ2n) is 5.93. The molecule has 1 heterocycles. The van der Waals surface area contributed by atoms with Crippen molar-refractivity contribution in [1.29, 1.82) is 5.26 Å². The van der Waals surface area contributed by atoms with Crippen LogP contribution < -0.4 is 16.0 Å². The number of hydrogen-bond acceptors (Lipinski definition) is 5. The lowest BCUT2D eigenvalue weighted by molar-refractivity contribution is -0.114. The van der Waals surface area contributed by atoms with Gasteiger partial charge in [0.1, 0.15) is 11.8 Å². The van der Waals surface area contributed by atoms with Crippen LogP contribution in [0.4, 0.5) is 22.7 Å². The van der Waals surface area contributed by atoms with Gasteiger partial charge in [0, 0.05) is 18.3 Å². The Bertz CT molecular complexity index is 1040. The average molecular weight is 371 g/mol. The second kappa shape index (κ2) is 8.47. The normalized spacial score (nSPS) is 9.86. The standard InChI is InChI=1S/C21H17N5O2/c1-14(27)24-16-6-8-17(9-7-16)26-21(28)20-11-10-18(13-23-20)25-19-5-3-2-4-15(19)12-22/h2-11,13,25H,1H3,(H,24,27)(H,26,28). The minimum atomic E-state index is -0.351. The van der Waals surface area contributed by atoms with Crippen LogP contribution >= 0.6 is 0 Å². The predicted molar refractivity (Wildman–Crippen MR) is 107 cm³/mol. The smallest absolute Gasteiger partial charge is 0.274 e. The number of para-hydroxylation sites is 1. The van der Waals surface area contributed by atoms with E-state index in [1.54, 1.807) is 54.6 Å². The van der Waals surface area contributed by atoms with Crippen LogP contribution in [-0.4, -0.2) is 16.8 Å². The van der Waals surface area contributed by atoms with Gasteiger partial charge in [-0.2, -0.15) is 5.26 Å². The molecule has 0 radical (unpaired) electrons. The molecule has 0 saturated carbocycles. The van der Waals surface area contributed by atoms with Crippen molar-refractivity contribution in [3.8, 4) is 6.07 Å². The molecular weight excluding hydrogens is 354 g/mol. The third-order valence-electron chi connectivity index (χ3n) is 3.79. The van der Waals surface area contributed by atoms with Gasteiger partial charge in [0.05, 0.1) is 23.1 Å². The molecule has 7 nitrogen and oxygen atoms in total. The molecule has 3 N–H and O–H groups in total. The molecule has 3 rings (SSSR count). The van der Waals surface area contributed by atoms with Crippen molar-refractivity contribution in [2.75, 3.05) is 16.0 Å². The van der Waals surface area contributed by atoms with E-state index in [9.17, 15) is 9.59 Å². The van der Waals surface area contributed by atoms with Gasteiger partial charge in [-0.05, 0) is 48.5 Å². The van der Waals surface area contributed by atoms with E-state index >= 15 is 0 Å². The highest BCUT2D eigenvalue weighted by molar-refractivity contribution is 6.03. The topological polar surface area (TPSA) is 107 Å². The highest BCUT2D eigenvalue weighted by Gasteiger charge is 2.09. The van der Waals surface area contributed by atoms with Crippen LogP contribution in [-0.2, 0) is 4.79 Å². The van der Waals surface area contributed by atoms with Crippen LogP contribution in [0.3, 0.4) is 0 Å². The highest BCUT2D eigenvalue weighted by atomic mass is 16.2. The van der Waals surface area contributed by atoms with Gasteiger partial charge in [-0.1, -0.05) is 12.1 Å². The number of pyridine rings is 1. The zero-order chi connectivity index (χ0) is 19.9. The maximum atomic E-state index is 12.3. The molecule has 28 heavy (non-hydrogen) atoms. The minimum absolute atomic E-state index is 0.160. The Hall–Kier alpha value is -4.18. The van der Waals surface area contributed by atoms with E-state index in [0.717, 1.165) is 0 Å². The maximum Gasteiger partial charge on any atom is 0.274 e. The molecule has 0 fully saturated rings. The molecule has 0 aliphatic rings. The molecule has 0 aliphatic carbocycles. The van der Waals surface area contributed by atoms with Crippen molar-refractivity contribution < 1.29 is 9.59 Å². The second-order valence-corrected chi connectivity index (χ2v) is 5.93. The Morgan fingerprint density at radius 2 is 1.54 bits per heavy atom. The molecule has 0 bridgehead atoms. The first-order valence-electron chi connectivity index (χ1n) is 8.46. The summed E-state index contributed by atoms with van der Waals surface area (Å²) in [5, 5.41) is 17.7. The van der Waals surface area contributed by atoms with Crippen LogP contribution in [0.2, 0.25) is 0 Å². The molecule has 7 heteroatoms. The largest absolute Gasteiger partial charge is 0.353 e. The summed E-state index contributed by atoms with van der Waals surface area (Å²) in [6, 6.07) is 19.3. The Balaban J connectivity index is 1.65. The maximum absolute atomic E-state index is 12.3. The lowest BCUT2D eigenvalue weighted by Gasteiger charge is -2.09. The quantitative estimate of drug-likeness (QED) is 0.630. The summed E-state index contributed by atoms with van der Waals surface area (Å²) in [6.07, 6.45) is 1.53. The number of hydrogen-bond donors (Lipinski definition) is 3. The van der Waals surface area contributed by atoms with Crippen LogP contribution in [0.15, 0.2) is 66.9 Å². The summed E-state index contributed by atoms with van der Waals surface area (Å²) in [7, 11) is 0. The number of aromatic nitrogens is 1. The molecule has 0 atom stereocenters. The average Bonchev–Trinajstić information content (AvgIpc) is 2.70. The van der Waals surface area contributed by atoms with Crippen LogP contribution in [0.1, 0.15) is 23.0 Å². The van der Waals surface area contributed by atoms with Gasteiger partial charge in [0.15, 0.2) is 0 Å². The van der Waals surface area contributed by atoms with E-state index in [4.69, 9.17) is 5.26 Å². The van der Waals surface area contributed by atoms with Gasteiger partial charge in [-0.15, -0.1) is 0 Å². The number of carbonyl (C=O) groups is 2. The van der Waals surface area contributed by atoms with Crippen molar-refractivity contribution in [2.45, 2.75) is 6.92 Å². The molecule has 0 spiro atoms. The molecular formula is C21H17N5O2. The first-order chi connectivity index (χ1) is 13.5. The third-order valence-corrected chi connectivity index (χ3v) is 3.79. The Kier molecular flexibility index (Phi) is 5.63. The Labute approximate surface area is 162 Å². The van der Waals surface area contributed by atoms with Crippen LogP contribution in [0.5, 0.6) is 0 Å². The number of carbonyl (C=O) groups excluding carboxylic acids is 2. The zero-order valence-corrected chi connectivity index (χ0v) is 15.1. The number of benzene rings is 2. The fourth-order valence-electron chi connectivity index (χ4n) is 2.48. The molecule has 2 aromatic carbocycles. The number of amides is 2. The molecule has 0 aliphatic heterocycles. The predicted octanol–water partition coefficient (Wildman–Crippen LogP) is 3.91. The van der Waals surface area contributed by atoms with E-state index in [0.29, 0.717) is 28.3 Å². The van der Waals surface area contributed by atoms with E-state index in [-0.39, 0.29) is 17.5 Å².